The summed E-state index contributed by atoms with van der Waals surface area (Å²) in [6.07, 6.45) is 5.51. The molecule has 0 unspecified atom stereocenters. The zero-order valence-electron chi connectivity index (χ0n) is 14.2. The topological polar surface area (TPSA) is 74.8 Å². The molecule has 4 amide bonds. The molecule has 2 heterocycles. The molecule has 27 heavy (non-hydrogen) atoms. The van der Waals surface area contributed by atoms with Gasteiger partial charge in [0.15, 0.2) is 0 Å². The maximum atomic E-state index is 11.9. The van der Waals surface area contributed by atoms with Crippen LogP contribution in [0, 0.1) is 0 Å². The Morgan fingerprint density at radius 3 is 1.30 bits per heavy atom. The summed E-state index contributed by atoms with van der Waals surface area (Å²) in [4.78, 5) is 49.6. The lowest BCUT2D eigenvalue weighted by Gasteiger charge is -2.16. The van der Waals surface area contributed by atoms with Gasteiger partial charge in [0.05, 0.1) is 11.4 Å². The molecule has 0 N–H and O–H groups in total. The standard InChI is InChI=1S/C21H14N2O4/c24-18-7-8-19(25)22(18)16-5-1-3-14(12-16)11-15-4-2-6-17(13-15)23-20(26)9-10-21(23)27/h1-10,12-13H,11H2. The van der Waals surface area contributed by atoms with Crippen LogP contribution < -0.4 is 9.80 Å². The molecule has 4 rings (SSSR count). The predicted octanol–water partition coefficient (Wildman–Crippen LogP) is 2.14. The first kappa shape index (κ1) is 16.7. The third kappa shape index (κ3) is 3.08. The Hall–Kier alpha value is -3.80. The third-order valence-corrected chi connectivity index (χ3v) is 4.36. The minimum Gasteiger partial charge on any atom is -0.269 e. The van der Waals surface area contributed by atoms with E-state index in [0.29, 0.717) is 17.8 Å². The SMILES string of the molecule is O=C1C=CC(=O)N1c1cccc(Cc2cccc(N3C(=O)C=CC3=O)c2)c1. The fourth-order valence-corrected chi connectivity index (χ4v) is 3.16. The van der Waals surface area contributed by atoms with Gasteiger partial charge < -0.3 is 0 Å². The van der Waals surface area contributed by atoms with Gasteiger partial charge in [-0.3, -0.25) is 19.2 Å². The summed E-state index contributed by atoms with van der Waals surface area (Å²) in [5.41, 5.74) is 2.82. The van der Waals surface area contributed by atoms with Crippen LogP contribution in [0.5, 0.6) is 0 Å². The lowest BCUT2D eigenvalue weighted by molar-refractivity contribution is -0.121. The maximum Gasteiger partial charge on any atom is 0.258 e. The van der Waals surface area contributed by atoms with Gasteiger partial charge >= 0.3 is 0 Å². The number of rotatable bonds is 4. The Kier molecular flexibility index (Phi) is 4.01. The van der Waals surface area contributed by atoms with Crippen molar-refractivity contribution in [3.63, 3.8) is 0 Å². The Bertz CT molecular complexity index is 932. The van der Waals surface area contributed by atoms with Gasteiger partial charge in [-0.05, 0) is 41.8 Å². The number of hydrogen-bond donors (Lipinski definition) is 0. The molecule has 0 saturated heterocycles. The van der Waals surface area contributed by atoms with Crippen molar-refractivity contribution in [2.75, 3.05) is 9.80 Å². The number of carbonyl (C=O) groups excluding carboxylic acids is 4. The van der Waals surface area contributed by atoms with E-state index in [1.165, 1.54) is 24.3 Å². The van der Waals surface area contributed by atoms with Crippen molar-refractivity contribution in [3.05, 3.63) is 84.0 Å². The number of nitrogens with zero attached hydrogens (tertiary/aromatic N) is 2. The van der Waals surface area contributed by atoms with Gasteiger partial charge in [-0.2, -0.15) is 0 Å². The van der Waals surface area contributed by atoms with Crippen molar-refractivity contribution in [2.45, 2.75) is 6.42 Å². The summed E-state index contributed by atoms with van der Waals surface area (Å²) in [7, 11) is 0. The van der Waals surface area contributed by atoms with Crippen LogP contribution in [0.15, 0.2) is 72.8 Å². The highest BCUT2D eigenvalue weighted by Gasteiger charge is 2.26. The largest absolute Gasteiger partial charge is 0.269 e. The van der Waals surface area contributed by atoms with Crippen molar-refractivity contribution in [3.8, 4) is 0 Å². The van der Waals surface area contributed by atoms with E-state index in [1.807, 2.05) is 12.1 Å². The molecule has 0 spiro atoms. The molecule has 2 aromatic rings. The van der Waals surface area contributed by atoms with E-state index in [1.54, 1.807) is 36.4 Å². The number of hydrogen-bond acceptors (Lipinski definition) is 4. The molecule has 6 nitrogen and oxygen atoms in total. The predicted molar refractivity (Wildman–Crippen MR) is 99.0 cm³/mol. The number of imide groups is 2. The van der Waals surface area contributed by atoms with Crippen molar-refractivity contribution in [2.24, 2.45) is 0 Å². The first-order valence-corrected chi connectivity index (χ1v) is 8.33. The van der Waals surface area contributed by atoms with Crippen LogP contribution in [-0.2, 0) is 25.6 Å². The van der Waals surface area contributed by atoms with Crippen LogP contribution in [0.4, 0.5) is 11.4 Å². The second-order valence-corrected chi connectivity index (χ2v) is 6.21. The maximum absolute atomic E-state index is 11.9. The third-order valence-electron chi connectivity index (χ3n) is 4.36. The molecule has 6 heteroatoms. The van der Waals surface area contributed by atoms with Gasteiger partial charge in [-0.15, -0.1) is 0 Å². The monoisotopic (exact) mass is 358 g/mol. The quantitative estimate of drug-likeness (QED) is 0.785. The average molecular weight is 358 g/mol. The van der Waals surface area contributed by atoms with E-state index in [4.69, 9.17) is 0 Å². The molecule has 0 fully saturated rings. The van der Waals surface area contributed by atoms with Crippen LogP contribution in [0.2, 0.25) is 0 Å². The molecule has 0 aromatic heterocycles. The van der Waals surface area contributed by atoms with Crippen LogP contribution in [0.1, 0.15) is 11.1 Å². The molecule has 0 atom stereocenters. The highest BCUT2D eigenvalue weighted by atomic mass is 16.2. The van der Waals surface area contributed by atoms with Crippen LogP contribution in [0.3, 0.4) is 0 Å². The van der Waals surface area contributed by atoms with Crippen molar-refractivity contribution < 1.29 is 19.2 Å². The average Bonchev–Trinajstić information content (AvgIpc) is 3.16. The number of amides is 4. The zero-order chi connectivity index (χ0) is 19.0. The summed E-state index contributed by atoms with van der Waals surface area (Å²) >= 11 is 0. The molecule has 132 valence electrons. The lowest BCUT2D eigenvalue weighted by atomic mass is 10.0. The van der Waals surface area contributed by atoms with E-state index in [-0.39, 0.29) is 23.6 Å². The Labute approximate surface area is 155 Å². The molecule has 0 bridgehead atoms. The van der Waals surface area contributed by atoms with E-state index in [0.717, 1.165) is 20.9 Å². The molecule has 0 saturated carbocycles. The fourth-order valence-electron chi connectivity index (χ4n) is 3.16. The Balaban J connectivity index is 1.58. The molecule has 0 aliphatic carbocycles. The highest BCUT2D eigenvalue weighted by molar-refractivity contribution is 6.28. The number of benzene rings is 2. The normalized spacial score (nSPS) is 16.1. The smallest absolute Gasteiger partial charge is 0.258 e. The van der Waals surface area contributed by atoms with Crippen LogP contribution in [0.25, 0.3) is 0 Å². The van der Waals surface area contributed by atoms with Gasteiger partial charge in [0.1, 0.15) is 0 Å². The van der Waals surface area contributed by atoms with Crippen molar-refractivity contribution in [1.82, 2.24) is 0 Å². The second-order valence-electron chi connectivity index (χ2n) is 6.21. The lowest BCUT2D eigenvalue weighted by Crippen LogP contribution is -2.29. The summed E-state index contributed by atoms with van der Waals surface area (Å²) in [5.74, 6) is -1.45. The van der Waals surface area contributed by atoms with Gasteiger partial charge in [-0.1, -0.05) is 24.3 Å². The Morgan fingerprint density at radius 1 is 0.556 bits per heavy atom. The summed E-state index contributed by atoms with van der Waals surface area (Å²) in [6, 6.07) is 14.3. The number of anilines is 2. The molecule has 2 aromatic carbocycles. The molecule has 2 aliphatic rings. The van der Waals surface area contributed by atoms with Gasteiger partial charge in [0.25, 0.3) is 23.6 Å². The minimum absolute atomic E-state index is 0.363. The summed E-state index contributed by atoms with van der Waals surface area (Å²) in [6.45, 7) is 0. The van der Waals surface area contributed by atoms with Crippen molar-refractivity contribution >= 4 is 35.0 Å². The van der Waals surface area contributed by atoms with E-state index >= 15 is 0 Å². The number of carbonyl (C=O) groups is 4. The fraction of sp³-hybridized carbons (Fsp3) is 0.0476. The molecule has 0 radical (unpaired) electrons. The van der Waals surface area contributed by atoms with E-state index in [9.17, 15) is 19.2 Å². The van der Waals surface area contributed by atoms with Gasteiger partial charge in [-0.25, -0.2) is 9.80 Å². The highest BCUT2D eigenvalue weighted by Crippen LogP contribution is 2.24. The van der Waals surface area contributed by atoms with E-state index in [2.05, 4.69) is 0 Å². The van der Waals surface area contributed by atoms with Gasteiger partial charge in [0.2, 0.25) is 0 Å². The first-order chi connectivity index (χ1) is 13.0. The summed E-state index contributed by atoms with van der Waals surface area (Å²) in [5, 5.41) is 0. The van der Waals surface area contributed by atoms with Crippen LogP contribution in [-0.4, -0.2) is 23.6 Å². The minimum atomic E-state index is -0.363. The summed E-state index contributed by atoms with van der Waals surface area (Å²) < 4.78 is 0. The first-order valence-electron chi connectivity index (χ1n) is 8.33. The van der Waals surface area contributed by atoms with E-state index < -0.39 is 0 Å². The zero-order valence-corrected chi connectivity index (χ0v) is 14.2. The van der Waals surface area contributed by atoms with Crippen LogP contribution >= 0.6 is 0 Å². The second kappa shape index (κ2) is 6.49. The van der Waals surface area contributed by atoms with Crippen molar-refractivity contribution in [1.29, 1.82) is 0 Å². The Morgan fingerprint density at radius 2 is 0.926 bits per heavy atom. The molecular formula is C21H14N2O4. The molecule has 2 aliphatic heterocycles. The van der Waals surface area contributed by atoms with Gasteiger partial charge in [0, 0.05) is 24.3 Å². The molecular weight excluding hydrogens is 344 g/mol.